The van der Waals surface area contributed by atoms with Gasteiger partial charge in [0.1, 0.15) is 6.10 Å². The number of fused-ring (bicyclic) bond motifs is 2. The highest BCUT2D eigenvalue weighted by molar-refractivity contribution is 6.37. The van der Waals surface area contributed by atoms with Crippen molar-refractivity contribution < 1.29 is 48.1 Å². The van der Waals surface area contributed by atoms with Gasteiger partial charge in [-0.05, 0) is 38.2 Å². The fourth-order valence-electron chi connectivity index (χ4n) is 4.92. The molecule has 13 heteroatoms. The number of aliphatic hydroxyl groups is 1. The van der Waals surface area contributed by atoms with Crippen molar-refractivity contribution in [2.75, 3.05) is 14.2 Å². The van der Waals surface area contributed by atoms with Gasteiger partial charge in [0.2, 0.25) is 17.3 Å². The molecule has 3 amide bonds. The fraction of sp³-hybridized carbons (Fsp3) is 0.484. The number of allylic oxidation sites excluding steroid dienone is 4. The lowest BCUT2D eigenvalue weighted by Crippen LogP contribution is -2.39. The largest absolute Gasteiger partial charge is 0.439 e. The number of hydrogen-bond acceptors (Lipinski definition) is 10. The highest BCUT2D eigenvalue weighted by atomic mass is 16.6. The van der Waals surface area contributed by atoms with Gasteiger partial charge in [0, 0.05) is 44.3 Å². The van der Waals surface area contributed by atoms with Crippen molar-refractivity contribution >= 4 is 35.3 Å². The normalized spacial score (nSPS) is 30.6. The van der Waals surface area contributed by atoms with Gasteiger partial charge in [0.05, 0.1) is 23.6 Å². The summed E-state index contributed by atoms with van der Waals surface area (Å²) in [6, 6.07) is 0. The summed E-state index contributed by atoms with van der Waals surface area (Å²) in [7, 11) is 2.82. The molecule has 1 heterocycles. The molecule has 2 rings (SSSR count). The number of nitrogens with one attached hydrogen (secondary N) is 2. The van der Waals surface area contributed by atoms with Gasteiger partial charge in [-0.3, -0.25) is 24.0 Å². The second kappa shape index (κ2) is 16.0. The van der Waals surface area contributed by atoms with E-state index in [1.807, 2.05) is 0 Å². The van der Waals surface area contributed by atoms with Crippen molar-refractivity contribution in [1.82, 2.24) is 10.6 Å². The molecule has 0 radical (unpaired) electrons. The molecular weight excluding hydrogens is 574 g/mol. The molecule has 2 bridgehead atoms. The second-order valence-corrected chi connectivity index (χ2v) is 10.9. The summed E-state index contributed by atoms with van der Waals surface area (Å²) >= 11 is 0. The number of hydrogen-bond donors (Lipinski definition) is 4. The molecule has 0 spiro atoms. The molecule has 0 fully saturated rings. The van der Waals surface area contributed by atoms with Crippen molar-refractivity contribution in [2.45, 2.75) is 71.9 Å². The Labute approximate surface area is 256 Å². The summed E-state index contributed by atoms with van der Waals surface area (Å²) in [5.41, 5.74) is 5.25. The van der Waals surface area contributed by atoms with Crippen LogP contribution in [0.15, 0.2) is 58.5 Å². The van der Waals surface area contributed by atoms with Crippen LogP contribution in [0.25, 0.3) is 0 Å². The summed E-state index contributed by atoms with van der Waals surface area (Å²) in [5.74, 6) is -5.02. The Morgan fingerprint density at radius 1 is 1.09 bits per heavy atom. The summed E-state index contributed by atoms with van der Waals surface area (Å²) in [6.07, 6.45) is 2.59. The predicted molar refractivity (Wildman–Crippen MR) is 158 cm³/mol. The van der Waals surface area contributed by atoms with Gasteiger partial charge >= 0.3 is 6.09 Å². The maximum Gasteiger partial charge on any atom is 0.405 e. The number of Topliss-reactive ketones (excluding diaryl/α,β-unsaturated/α-hetero) is 2. The van der Waals surface area contributed by atoms with Gasteiger partial charge in [0.15, 0.2) is 6.10 Å². The van der Waals surface area contributed by atoms with E-state index in [9.17, 15) is 33.9 Å². The van der Waals surface area contributed by atoms with Crippen LogP contribution < -0.4 is 16.4 Å². The first-order chi connectivity index (χ1) is 20.6. The zero-order valence-electron chi connectivity index (χ0n) is 26.0. The Balaban J connectivity index is 2.66. The monoisotopic (exact) mass is 615 g/mol. The summed E-state index contributed by atoms with van der Waals surface area (Å²) in [4.78, 5) is 75.1. The molecule has 1 aliphatic heterocycles. The smallest absolute Gasteiger partial charge is 0.405 e. The Kier molecular flexibility index (Phi) is 13.1. The minimum absolute atomic E-state index is 0.0528. The van der Waals surface area contributed by atoms with Gasteiger partial charge in [-0.1, -0.05) is 38.2 Å². The van der Waals surface area contributed by atoms with E-state index >= 15 is 0 Å². The Bertz CT molecular complexity index is 1340. The number of carbonyl (C=O) groups excluding carboxylic acids is 6. The van der Waals surface area contributed by atoms with E-state index in [-0.39, 0.29) is 35.4 Å². The lowest BCUT2D eigenvalue weighted by atomic mass is 9.85. The minimum atomic E-state index is -1.07. The zero-order valence-corrected chi connectivity index (χ0v) is 26.0. The minimum Gasteiger partial charge on any atom is -0.439 e. The first-order valence-electron chi connectivity index (χ1n) is 14.0. The molecule has 0 aromatic heterocycles. The van der Waals surface area contributed by atoms with Gasteiger partial charge in [0.25, 0.3) is 11.8 Å². The number of methoxy groups -OCH3 is 2. The van der Waals surface area contributed by atoms with Crippen LogP contribution in [-0.2, 0) is 38.2 Å². The Hall–Kier alpha value is -4.20. The SMILES string of the molecule is CO[C@H]1C[C@H](C)CC2=C(NC(=O)C(C)=O)C(=O)C=C(NC(=O)/C(C)=C/C=C\[C@@H](OC)[C@@H](OC(N)=O)/C(C)=C/[C@H](C)[C@H]1O)C2=O. The van der Waals surface area contributed by atoms with E-state index in [4.69, 9.17) is 19.9 Å². The van der Waals surface area contributed by atoms with E-state index in [0.29, 0.717) is 5.57 Å². The molecule has 0 unspecified atom stereocenters. The maximum atomic E-state index is 13.6. The number of rotatable bonds is 5. The van der Waals surface area contributed by atoms with E-state index < -0.39 is 71.5 Å². The van der Waals surface area contributed by atoms with E-state index in [1.165, 1.54) is 39.4 Å². The van der Waals surface area contributed by atoms with Crippen molar-refractivity contribution in [1.29, 1.82) is 0 Å². The number of primary amides is 1. The fourth-order valence-corrected chi connectivity index (χ4v) is 4.92. The van der Waals surface area contributed by atoms with Gasteiger partial charge in [-0.2, -0.15) is 0 Å². The van der Waals surface area contributed by atoms with Crippen LogP contribution in [0.1, 0.15) is 47.5 Å². The van der Waals surface area contributed by atoms with Crippen LogP contribution in [0.3, 0.4) is 0 Å². The van der Waals surface area contributed by atoms with E-state index in [1.54, 1.807) is 26.8 Å². The lowest BCUT2D eigenvalue weighted by molar-refractivity contribution is -0.136. The lowest BCUT2D eigenvalue weighted by Gasteiger charge is -2.30. The number of ether oxygens (including phenoxy) is 3. The highest BCUT2D eigenvalue weighted by Gasteiger charge is 2.34. The molecule has 0 saturated heterocycles. The zero-order chi connectivity index (χ0) is 33.3. The van der Waals surface area contributed by atoms with Gasteiger partial charge in [-0.25, -0.2) is 4.79 Å². The number of aliphatic hydroxyl groups excluding tert-OH is 1. The van der Waals surface area contributed by atoms with Crippen LogP contribution in [0.2, 0.25) is 0 Å². The second-order valence-electron chi connectivity index (χ2n) is 10.9. The van der Waals surface area contributed by atoms with Crippen molar-refractivity contribution in [2.24, 2.45) is 17.6 Å². The topological polar surface area (TPSA) is 200 Å². The van der Waals surface area contributed by atoms with Crippen LogP contribution in [0.5, 0.6) is 0 Å². The molecule has 0 saturated carbocycles. The number of carbonyl (C=O) groups is 6. The summed E-state index contributed by atoms with van der Waals surface area (Å²) in [6.45, 7) is 7.70. The molecule has 0 aromatic carbocycles. The average molecular weight is 616 g/mol. The Morgan fingerprint density at radius 2 is 1.75 bits per heavy atom. The van der Waals surface area contributed by atoms with Gasteiger partial charge in [-0.15, -0.1) is 0 Å². The van der Waals surface area contributed by atoms with Gasteiger partial charge < -0.3 is 35.7 Å². The quantitative estimate of drug-likeness (QED) is 0.199. The van der Waals surface area contributed by atoms with E-state index in [0.717, 1.165) is 13.0 Å². The maximum absolute atomic E-state index is 13.6. The summed E-state index contributed by atoms with van der Waals surface area (Å²) in [5, 5.41) is 15.9. The third-order valence-electron chi connectivity index (χ3n) is 7.35. The average Bonchev–Trinajstić information content (AvgIpc) is 2.95. The Morgan fingerprint density at radius 3 is 2.32 bits per heavy atom. The molecule has 6 atom stereocenters. The molecule has 13 nitrogen and oxygen atoms in total. The van der Waals surface area contributed by atoms with Crippen molar-refractivity contribution in [3.05, 3.63) is 58.5 Å². The van der Waals surface area contributed by atoms with Crippen molar-refractivity contribution in [3.63, 3.8) is 0 Å². The van der Waals surface area contributed by atoms with Crippen molar-refractivity contribution in [3.8, 4) is 0 Å². The number of nitrogens with two attached hydrogens (primary N) is 1. The third-order valence-corrected chi connectivity index (χ3v) is 7.35. The number of amides is 3. The molecule has 240 valence electrons. The third kappa shape index (κ3) is 9.40. The molecule has 5 N–H and O–H groups in total. The predicted octanol–water partition coefficient (Wildman–Crippen LogP) is 1.47. The molecule has 2 aliphatic rings. The van der Waals surface area contributed by atoms with Crippen LogP contribution in [0.4, 0.5) is 4.79 Å². The van der Waals surface area contributed by atoms with Crippen LogP contribution in [0, 0.1) is 11.8 Å². The van der Waals surface area contributed by atoms with Crippen LogP contribution in [-0.4, -0.2) is 79.0 Å². The summed E-state index contributed by atoms with van der Waals surface area (Å²) < 4.78 is 16.5. The molecule has 0 aromatic rings. The molecular formula is C31H41N3O10. The molecule has 1 aliphatic carbocycles. The number of ketones is 3. The molecule has 44 heavy (non-hydrogen) atoms. The van der Waals surface area contributed by atoms with E-state index in [2.05, 4.69) is 10.6 Å². The first kappa shape index (κ1) is 36.0. The first-order valence-corrected chi connectivity index (χ1v) is 14.0. The highest BCUT2D eigenvalue weighted by Crippen LogP contribution is 2.29. The standard InChI is InChI=1S/C31H41N3O10/c1-15-11-20-25(34-30(40)19(5)35)22(36)14-21(27(20)38)33-29(39)16(2)9-8-10-23(42-6)28(44-31(32)41)18(4)13-17(3)26(37)24(12-15)43-7/h8-10,13-15,17,23-24,26,28,37H,11-12H2,1-7H3,(H2,32,41)(H,33,39)(H,34,40)/b10-8-,16-9+,18-13+/t15-,17+,23-,24+,26-,28+/m1/s1. The van der Waals surface area contributed by atoms with Crippen LogP contribution >= 0.6 is 0 Å².